The standard InChI is InChI=1S/C16H36N.C13H17NO4/c1-5-9-13-17(14-10-6-2,15-11-7-3)16-12-8-4;1-13(2,3)18-12(17)10(14)8-4-6-9(7-5-8)11(15)16/h5-16H2,1-4H3;4-7,10H,14H2,1-3H3,(H,15,16)/q+1;/p-1. The Morgan fingerprint density at radius 3 is 1.49 bits per heavy atom. The van der Waals surface area contributed by atoms with Gasteiger partial charge in [0, 0.05) is 0 Å². The number of aromatic carboxylic acids is 1. The van der Waals surface area contributed by atoms with Crippen molar-refractivity contribution in [3.05, 3.63) is 35.4 Å². The van der Waals surface area contributed by atoms with E-state index in [2.05, 4.69) is 27.7 Å². The average Bonchev–Trinajstić information content (AvgIpc) is 2.82. The van der Waals surface area contributed by atoms with Crippen molar-refractivity contribution >= 4 is 11.9 Å². The first kappa shape index (κ1) is 33.1. The number of benzene rings is 1. The van der Waals surface area contributed by atoms with Crippen molar-refractivity contribution in [2.75, 3.05) is 26.2 Å². The monoisotopic (exact) mass is 492 g/mol. The summed E-state index contributed by atoms with van der Waals surface area (Å²) in [7, 11) is 0. The van der Waals surface area contributed by atoms with Crippen molar-refractivity contribution in [2.45, 2.75) is 111 Å². The molecule has 0 spiro atoms. The van der Waals surface area contributed by atoms with Gasteiger partial charge in [-0.25, -0.2) is 4.79 Å². The van der Waals surface area contributed by atoms with Gasteiger partial charge in [0.2, 0.25) is 0 Å². The maximum Gasteiger partial charge on any atom is 0.328 e. The Morgan fingerprint density at radius 1 is 0.829 bits per heavy atom. The van der Waals surface area contributed by atoms with Crippen molar-refractivity contribution in [1.82, 2.24) is 0 Å². The largest absolute Gasteiger partial charge is 0.545 e. The van der Waals surface area contributed by atoms with Crippen LogP contribution in [-0.2, 0) is 9.53 Å². The van der Waals surface area contributed by atoms with Gasteiger partial charge in [-0.2, -0.15) is 0 Å². The Balaban J connectivity index is 0.000000662. The van der Waals surface area contributed by atoms with Crippen LogP contribution in [0.3, 0.4) is 0 Å². The first-order valence-electron chi connectivity index (χ1n) is 13.6. The summed E-state index contributed by atoms with van der Waals surface area (Å²) in [5, 5.41) is 10.6. The molecule has 0 aliphatic carbocycles. The van der Waals surface area contributed by atoms with Gasteiger partial charge in [-0.1, -0.05) is 77.6 Å². The van der Waals surface area contributed by atoms with Crippen molar-refractivity contribution in [3.63, 3.8) is 0 Å². The van der Waals surface area contributed by atoms with E-state index < -0.39 is 23.6 Å². The molecule has 0 aromatic heterocycles. The molecule has 0 radical (unpaired) electrons. The topological polar surface area (TPSA) is 92.5 Å². The third-order valence-corrected chi connectivity index (χ3v) is 6.11. The molecule has 1 atom stereocenters. The number of carbonyl (C=O) groups excluding carboxylic acids is 2. The lowest BCUT2D eigenvalue weighted by Gasteiger charge is -2.39. The Labute approximate surface area is 214 Å². The van der Waals surface area contributed by atoms with Crippen LogP contribution in [0, 0.1) is 0 Å². The smallest absolute Gasteiger partial charge is 0.328 e. The second kappa shape index (κ2) is 17.5. The molecule has 0 heterocycles. The molecule has 0 aliphatic rings. The summed E-state index contributed by atoms with van der Waals surface area (Å²) < 4.78 is 6.56. The van der Waals surface area contributed by atoms with Crippen LogP contribution in [0.1, 0.15) is 122 Å². The Hall–Kier alpha value is -1.92. The van der Waals surface area contributed by atoms with Gasteiger partial charge in [-0.15, -0.1) is 0 Å². The molecule has 1 unspecified atom stereocenters. The second-order valence-electron chi connectivity index (χ2n) is 10.6. The zero-order chi connectivity index (χ0) is 26.9. The molecule has 202 valence electrons. The van der Waals surface area contributed by atoms with Gasteiger partial charge in [-0.05, 0) is 57.6 Å². The molecule has 6 nitrogen and oxygen atoms in total. The highest BCUT2D eigenvalue weighted by Crippen LogP contribution is 2.18. The molecule has 0 saturated heterocycles. The van der Waals surface area contributed by atoms with Crippen molar-refractivity contribution < 1.29 is 23.9 Å². The lowest BCUT2D eigenvalue weighted by atomic mass is 10.1. The number of rotatable bonds is 15. The van der Waals surface area contributed by atoms with Crippen LogP contribution >= 0.6 is 0 Å². The summed E-state index contributed by atoms with van der Waals surface area (Å²) in [6.45, 7) is 20.3. The maximum atomic E-state index is 11.7. The minimum Gasteiger partial charge on any atom is -0.545 e. The molecule has 1 aromatic rings. The number of carboxylic acid groups (broad SMARTS) is 1. The Morgan fingerprint density at radius 2 is 1.20 bits per heavy atom. The quantitative estimate of drug-likeness (QED) is 0.262. The Kier molecular flexibility index (Phi) is 16.5. The van der Waals surface area contributed by atoms with E-state index in [-0.39, 0.29) is 5.56 Å². The van der Waals surface area contributed by atoms with Crippen LogP contribution in [0.15, 0.2) is 24.3 Å². The van der Waals surface area contributed by atoms with E-state index in [0.717, 1.165) is 0 Å². The van der Waals surface area contributed by atoms with Crippen LogP contribution in [0.2, 0.25) is 0 Å². The molecule has 0 amide bonds. The van der Waals surface area contributed by atoms with E-state index in [1.54, 1.807) is 20.8 Å². The van der Waals surface area contributed by atoms with E-state index in [9.17, 15) is 14.7 Å². The number of nitrogens with zero attached hydrogens (tertiary/aromatic N) is 1. The summed E-state index contributed by atoms with van der Waals surface area (Å²) >= 11 is 0. The highest BCUT2D eigenvalue weighted by molar-refractivity contribution is 5.86. The lowest BCUT2D eigenvalue weighted by molar-refractivity contribution is -0.929. The normalized spacial score (nSPS) is 12.5. The molecule has 1 aromatic carbocycles. The minimum absolute atomic E-state index is 0.0372. The number of nitrogens with two attached hydrogens (primary N) is 1. The summed E-state index contributed by atoms with van der Waals surface area (Å²) in [6, 6.07) is 4.70. The van der Waals surface area contributed by atoms with Gasteiger partial charge in [0.1, 0.15) is 11.6 Å². The number of quaternary nitrogens is 1. The van der Waals surface area contributed by atoms with E-state index in [1.165, 1.54) is 106 Å². The van der Waals surface area contributed by atoms with Gasteiger partial charge in [-0.3, -0.25) is 0 Å². The zero-order valence-electron chi connectivity index (χ0n) is 23.5. The van der Waals surface area contributed by atoms with Gasteiger partial charge >= 0.3 is 5.97 Å². The van der Waals surface area contributed by atoms with Crippen LogP contribution in [0.25, 0.3) is 0 Å². The molecular weight excluding hydrogens is 440 g/mol. The first-order chi connectivity index (χ1) is 16.4. The van der Waals surface area contributed by atoms with E-state index in [1.807, 2.05) is 0 Å². The fourth-order valence-corrected chi connectivity index (χ4v) is 3.97. The molecule has 0 saturated carbocycles. The molecule has 0 fully saturated rings. The number of carboxylic acids is 1. The van der Waals surface area contributed by atoms with Gasteiger partial charge in [0.25, 0.3) is 0 Å². The third kappa shape index (κ3) is 14.3. The highest BCUT2D eigenvalue weighted by atomic mass is 16.6. The van der Waals surface area contributed by atoms with E-state index in [4.69, 9.17) is 10.5 Å². The second-order valence-corrected chi connectivity index (χ2v) is 10.6. The Bertz CT molecular complexity index is 673. The van der Waals surface area contributed by atoms with Gasteiger partial charge in [0.05, 0.1) is 32.1 Å². The fraction of sp³-hybridized carbons (Fsp3) is 0.724. The van der Waals surface area contributed by atoms with Crippen molar-refractivity contribution in [3.8, 4) is 0 Å². The fourth-order valence-electron chi connectivity index (χ4n) is 3.97. The lowest BCUT2D eigenvalue weighted by Crippen LogP contribution is -2.50. The summed E-state index contributed by atoms with van der Waals surface area (Å²) in [5.74, 6) is -1.82. The molecule has 2 N–H and O–H groups in total. The number of unbranched alkanes of at least 4 members (excludes halogenated alkanes) is 4. The molecule has 0 aliphatic heterocycles. The van der Waals surface area contributed by atoms with Crippen LogP contribution in [0.5, 0.6) is 0 Å². The zero-order valence-corrected chi connectivity index (χ0v) is 23.5. The number of hydrogen-bond acceptors (Lipinski definition) is 5. The first-order valence-corrected chi connectivity index (χ1v) is 13.6. The van der Waals surface area contributed by atoms with Gasteiger partial charge in [0.15, 0.2) is 0 Å². The summed E-state index contributed by atoms with van der Waals surface area (Å²) in [6.07, 6.45) is 11.1. The van der Waals surface area contributed by atoms with Crippen LogP contribution < -0.4 is 10.8 Å². The SMILES string of the molecule is CC(C)(C)OC(=O)C(N)c1ccc(C(=O)[O-])cc1.CCCC[N+](CCCC)(CCCC)CCCC. The number of hydrogen-bond donors (Lipinski definition) is 1. The maximum absolute atomic E-state index is 11.7. The van der Waals surface area contributed by atoms with E-state index >= 15 is 0 Å². The van der Waals surface area contributed by atoms with Crippen molar-refractivity contribution in [1.29, 1.82) is 0 Å². The highest BCUT2D eigenvalue weighted by Gasteiger charge is 2.25. The number of esters is 1. The average molecular weight is 493 g/mol. The number of carbonyl (C=O) groups is 2. The number of ether oxygens (including phenoxy) is 1. The summed E-state index contributed by atoms with van der Waals surface area (Å²) in [4.78, 5) is 22.3. The van der Waals surface area contributed by atoms with Crippen molar-refractivity contribution in [2.24, 2.45) is 5.73 Å². The van der Waals surface area contributed by atoms with Gasteiger partial charge < -0.3 is 24.9 Å². The molecule has 1 rings (SSSR count). The molecule has 35 heavy (non-hydrogen) atoms. The molecule has 6 heteroatoms. The van der Waals surface area contributed by atoms with Crippen LogP contribution in [0.4, 0.5) is 0 Å². The van der Waals surface area contributed by atoms with E-state index in [0.29, 0.717) is 5.56 Å². The third-order valence-electron chi connectivity index (χ3n) is 6.11. The molecular formula is C29H52N2O4. The predicted octanol–water partition coefficient (Wildman–Crippen LogP) is 5.40. The summed E-state index contributed by atoms with van der Waals surface area (Å²) in [5.41, 5.74) is 5.65. The molecule has 0 bridgehead atoms. The van der Waals surface area contributed by atoms with Crippen LogP contribution in [-0.4, -0.2) is 48.2 Å². The minimum atomic E-state index is -1.27. The predicted molar refractivity (Wildman–Crippen MR) is 143 cm³/mol.